The Morgan fingerprint density at radius 3 is 2.22 bits per heavy atom. The molecule has 1 N–H and O–H groups in total. The van der Waals surface area contributed by atoms with E-state index < -0.39 is 5.54 Å². The quantitative estimate of drug-likeness (QED) is 0.476. The Morgan fingerprint density at radius 1 is 0.889 bits per heavy atom. The van der Waals surface area contributed by atoms with Gasteiger partial charge in [0, 0.05) is 18.3 Å². The minimum absolute atomic E-state index is 0.0492. The third-order valence-corrected chi connectivity index (χ3v) is 7.97. The average molecular weight is 484 g/mol. The second-order valence-electron chi connectivity index (χ2n) is 10.7. The van der Waals surface area contributed by atoms with E-state index in [0.29, 0.717) is 18.8 Å². The van der Waals surface area contributed by atoms with E-state index in [9.17, 15) is 9.59 Å². The van der Waals surface area contributed by atoms with Gasteiger partial charge in [-0.15, -0.1) is 0 Å². The predicted octanol–water partition coefficient (Wildman–Crippen LogP) is 6.11. The Labute approximate surface area is 214 Å². The Balaban J connectivity index is 1.50. The molecule has 1 aliphatic heterocycles. The first-order valence-corrected chi connectivity index (χ1v) is 13.4. The molecule has 2 aliphatic rings. The van der Waals surface area contributed by atoms with E-state index in [-0.39, 0.29) is 17.9 Å². The van der Waals surface area contributed by atoms with Gasteiger partial charge in [0.15, 0.2) is 0 Å². The number of carbonyl (C=O) groups is 2. The fraction of sp³-hybridized carbons (Fsp3) is 0.419. The maximum Gasteiger partial charge on any atom is 0.271 e. The van der Waals surface area contributed by atoms with Gasteiger partial charge in [0.05, 0.1) is 6.54 Å². The summed E-state index contributed by atoms with van der Waals surface area (Å²) in [7, 11) is 0. The number of hydrogen-bond donors (Lipinski definition) is 1. The molecule has 1 saturated carbocycles. The SMILES string of the molecule is Cc1ccc(CN2C(=O)c3ccc(-c4ccccc4)n3C[C@]2(C)C(=O)NC2CCCCCCC2)cc1. The van der Waals surface area contributed by atoms with Crippen molar-refractivity contribution in [1.29, 1.82) is 0 Å². The van der Waals surface area contributed by atoms with Crippen LogP contribution in [-0.4, -0.2) is 32.9 Å². The molecule has 0 spiro atoms. The van der Waals surface area contributed by atoms with E-state index in [0.717, 1.165) is 42.5 Å². The number of benzene rings is 2. The first-order valence-electron chi connectivity index (χ1n) is 13.4. The normalized spacial score (nSPS) is 20.9. The molecule has 1 fully saturated rings. The number of rotatable bonds is 5. The Hall–Kier alpha value is -3.34. The van der Waals surface area contributed by atoms with E-state index in [4.69, 9.17) is 0 Å². The van der Waals surface area contributed by atoms with Crippen LogP contribution in [0.5, 0.6) is 0 Å². The highest BCUT2D eigenvalue weighted by Gasteiger charge is 2.48. The smallest absolute Gasteiger partial charge is 0.271 e. The first-order chi connectivity index (χ1) is 17.5. The van der Waals surface area contributed by atoms with Gasteiger partial charge in [-0.05, 0) is 49.9 Å². The summed E-state index contributed by atoms with van der Waals surface area (Å²) in [6.07, 6.45) is 8.07. The number of nitrogens with zero attached hydrogens (tertiary/aromatic N) is 2. The van der Waals surface area contributed by atoms with Crippen molar-refractivity contribution in [1.82, 2.24) is 14.8 Å². The maximum atomic E-state index is 14.0. The zero-order chi connectivity index (χ0) is 25.1. The summed E-state index contributed by atoms with van der Waals surface area (Å²) >= 11 is 0. The summed E-state index contributed by atoms with van der Waals surface area (Å²) in [5.41, 5.74) is 3.86. The molecule has 5 heteroatoms. The number of aryl methyl sites for hydroxylation is 1. The van der Waals surface area contributed by atoms with Gasteiger partial charge in [0.25, 0.3) is 5.91 Å². The second-order valence-corrected chi connectivity index (χ2v) is 10.7. The van der Waals surface area contributed by atoms with Crippen molar-refractivity contribution in [2.75, 3.05) is 0 Å². The van der Waals surface area contributed by atoms with Gasteiger partial charge in [-0.1, -0.05) is 92.3 Å². The van der Waals surface area contributed by atoms with Crippen LogP contribution in [0.3, 0.4) is 0 Å². The highest BCUT2D eigenvalue weighted by molar-refractivity contribution is 6.00. The highest BCUT2D eigenvalue weighted by Crippen LogP contribution is 2.34. The molecule has 2 aromatic carbocycles. The Morgan fingerprint density at radius 2 is 1.53 bits per heavy atom. The van der Waals surface area contributed by atoms with Crippen LogP contribution in [0.4, 0.5) is 0 Å². The highest BCUT2D eigenvalue weighted by atomic mass is 16.2. The van der Waals surface area contributed by atoms with E-state index in [2.05, 4.69) is 48.6 Å². The zero-order valence-electron chi connectivity index (χ0n) is 21.5. The van der Waals surface area contributed by atoms with Gasteiger partial charge in [0.2, 0.25) is 5.91 Å². The van der Waals surface area contributed by atoms with Crippen LogP contribution in [0.2, 0.25) is 0 Å². The number of aromatic nitrogens is 1. The first kappa shape index (κ1) is 24.4. The lowest BCUT2D eigenvalue weighted by atomic mass is 9.91. The molecule has 1 atom stereocenters. The summed E-state index contributed by atoms with van der Waals surface area (Å²) in [6, 6.07) is 22.4. The largest absolute Gasteiger partial charge is 0.351 e. The average Bonchev–Trinajstić information content (AvgIpc) is 3.28. The Kier molecular flexibility index (Phi) is 6.99. The molecule has 5 rings (SSSR count). The van der Waals surface area contributed by atoms with E-state index in [1.807, 2.05) is 41.8 Å². The number of hydrogen-bond acceptors (Lipinski definition) is 2. The fourth-order valence-corrected chi connectivity index (χ4v) is 5.70. The van der Waals surface area contributed by atoms with Gasteiger partial charge in [-0.2, -0.15) is 0 Å². The summed E-state index contributed by atoms with van der Waals surface area (Å²) in [5, 5.41) is 3.38. The molecule has 5 nitrogen and oxygen atoms in total. The molecule has 2 heterocycles. The molecule has 0 unspecified atom stereocenters. The van der Waals surface area contributed by atoms with Gasteiger partial charge in [-0.3, -0.25) is 9.59 Å². The van der Waals surface area contributed by atoms with Crippen molar-refractivity contribution in [2.24, 2.45) is 0 Å². The number of nitrogens with one attached hydrogen (secondary N) is 1. The van der Waals surface area contributed by atoms with Crippen molar-refractivity contribution in [3.8, 4) is 11.3 Å². The van der Waals surface area contributed by atoms with Crippen LogP contribution in [0.15, 0.2) is 66.7 Å². The molecular formula is C31H37N3O2. The molecule has 1 aromatic heterocycles. The van der Waals surface area contributed by atoms with Crippen molar-refractivity contribution in [3.63, 3.8) is 0 Å². The van der Waals surface area contributed by atoms with Crippen LogP contribution in [0.1, 0.15) is 73.5 Å². The van der Waals surface area contributed by atoms with Crippen molar-refractivity contribution >= 4 is 11.8 Å². The van der Waals surface area contributed by atoms with Crippen LogP contribution in [-0.2, 0) is 17.9 Å². The predicted molar refractivity (Wildman–Crippen MR) is 144 cm³/mol. The maximum absolute atomic E-state index is 14.0. The second kappa shape index (κ2) is 10.3. The monoisotopic (exact) mass is 483 g/mol. The van der Waals surface area contributed by atoms with Gasteiger partial charge >= 0.3 is 0 Å². The van der Waals surface area contributed by atoms with Crippen molar-refractivity contribution < 1.29 is 9.59 Å². The van der Waals surface area contributed by atoms with Crippen molar-refractivity contribution in [3.05, 3.63) is 83.6 Å². The van der Waals surface area contributed by atoms with Gasteiger partial charge in [0.1, 0.15) is 11.2 Å². The van der Waals surface area contributed by atoms with Crippen LogP contribution in [0, 0.1) is 6.92 Å². The Bertz CT molecular complexity index is 1210. The van der Waals surface area contributed by atoms with Crippen LogP contribution >= 0.6 is 0 Å². The third kappa shape index (κ3) is 4.84. The molecular weight excluding hydrogens is 446 g/mol. The lowest BCUT2D eigenvalue weighted by Crippen LogP contribution is -2.64. The van der Waals surface area contributed by atoms with Gasteiger partial charge < -0.3 is 14.8 Å². The molecule has 2 amide bonds. The number of amides is 2. The van der Waals surface area contributed by atoms with E-state index in [1.54, 1.807) is 4.90 Å². The van der Waals surface area contributed by atoms with Crippen LogP contribution < -0.4 is 5.32 Å². The summed E-state index contributed by atoms with van der Waals surface area (Å²) in [5.74, 6) is -0.147. The standard InChI is InChI=1S/C31H37N3O2/c1-23-15-17-24(18-16-23)21-34-29(35)28-20-19-27(25-11-7-6-8-12-25)33(28)22-31(34,2)30(36)32-26-13-9-4-3-5-10-14-26/h6-8,11-12,15-20,26H,3-5,9-10,13-14,21-22H2,1-2H3,(H,32,36)/t31-/m1/s1. The minimum Gasteiger partial charge on any atom is -0.351 e. The topological polar surface area (TPSA) is 54.3 Å². The van der Waals surface area contributed by atoms with E-state index >= 15 is 0 Å². The zero-order valence-corrected chi connectivity index (χ0v) is 21.5. The van der Waals surface area contributed by atoms with Crippen molar-refractivity contribution in [2.45, 2.75) is 83.5 Å². The third-order valence-electron chi connectivity index (χ3n) is 7.97. The molecule has 0 saturated heterocycles. The van der Waals surface area contributed by atoms with Crippen LogP contribution in [0.25, 0.3) is 11.3 Å². The summed E-state index contributed by atoms with van der Waals surface area (Å²) in [6.45, 7) is 4.82. The van der Waals surface area contributed by atoms with Gasteiger partial charge in [-0.25, -0.2) is 0 Å². The molecule has 0 radical (unpaired) electrons. The number of fused-ring (bicyclic) bond motifs is 1. The fourth-order valence-electron chi connectivity index (χ4n) is 5.70. The molecule has 36 heavy (non-hydrogen) atoms. The summed E-state index contributed by atoms with van der Waals surface area (Å²) < 4.78 is 2.04. The lowest BCUT2D eigenvalue weighted by Gasteiger charge is -2.45. The minimum atomic E-state index is -1.00. The molecule has 0 bridgehead atoms. The molecule has 188 valence electrons. The number of carbonyl (C=O) groups excluding carboxylic acids is 2. The van der Waals surface area contributed by atoms with E-state index in [1.165, 1.54) is 24.8 Å². The molecule has 1 aliphatic carbocycles. The summed E-state index contributed by atoms with van der Waals surface area (Å²) in [4.78, 5) is 29.8. The molecule has 3 aromatic rings. The lowest BCUT2D eigenvalue weighted by molar-refractivity contribution is -0.134.